The molecule has 0 aliphatic heterocycles. The first-order valence-electron chi connectivity index (χ1n) is 6.02. The minimum Gasteiger partial charge on any atom is -0.325 e. The van der Waals surface area contributed by atoms with Gasteiger partial charge in [0.1, 0.15) is 0 Å². The fraction of sp³-hybridized carbons (Fsp3) is 0.133. The van der Waals surface area contributed by atoms with E-state index in [-0.39, 0.29) is 5.91 Å². The molecule has 0 unspecified atom stereocenters. The summed E-state index contributed by atoms with van der Waals surface area (Å²) in [6.45, 7) is 0. The van der Waals surface area contributed by atoms with Crippen LogP contribution in [0.15, 0.2) is 48.5 Å². The molecule has 0 aromatic heterocycles. The lowest BCUT2D eigenvalue weighted by atomic mass is 10.2. The zero-order valence-electron chi connectivity index (χ0n) is 10.6. The van der Waals surface area contributed by atoms with Crippen molar-refractivity contribution in [1.29, 1.82) is 0 Å². The molecule has 0 spiro atoms. The van der Waals surface area contributed by atoms with Crippen molar-refractivity contribution in [3.63, 3.8) is 0 Å². The Morgan fingerprint density at radius 1 is 1.05 bits per heavy atom. The smallest absolute Gasteiger partial charge is 0.234 e. The number of hydrogen-bond donors (Lipinski definition) is 1. The maximum Gasteiger partial charge on any atom is 0.234 e. The highest BCUT2D eigenvalue weighted by Gasteiger charge is 2.05. The molecule has 0 aliphatic carbocycles. The maximum atomic E-state index is 11.8. The van der Waals surface area contributed by atoms with E-state index in [1.807, 2.05) is 30.3 Å². The minimum atomic E-state index is -0.0516. The number of carbonyl (C=O) groups excluding carboxylic acids is 1. The summed E-state index contributed by atoms with van der Waals surface area (Å²) >= 11 is 13.3. The van der Waals surface area contributed by atoms with E-state index in [1.54, 1.807) is 30.0 Å². The van der Waals surface area contributed by atoms with Gasteiger partial charge in [-0.05, 0) is 23.8 Å². The van der Waals surface area contributed by atoms with Crippen molar-refractivity contribution in [2.24, 2.45) is 0 Å². The molecule has 2 nitrogen and oxygen atoms in total. The predicted molar refractivity (Wildman–Crippen MR) is 87.7 cm³/mol. The van der Waals surface area contributed by atoms with Crippen LogP contribution in [0.4, 0.5) is 5.69 Å². The van der Waals surface area contributed by atoms with Crippen molar-refractivity contribution in [2.45, 2.75) is 5.75 Å². The highest BCUT2D eigenvalue weighted by molar-refractivity contribution is 7.99. The predicted octanol–water partition coefficient (Wildman–Crippen LogP) is 4.87. The Bertz CT molecular complexity index is 590. The molecule has 104 valence electrons. The summed E-state index contributed by atoms with van der Waals surface area (Å²) < 4.78 is 0. The quantitative estimate of drug-likeness (QED) is 0.850. The van der Waals surface area contributed by atoms with Crippen LogP contribution < -0.4 is 5.32 Å². The van der Waals surface area contributed by atoms with Gasteiger partial charge in [-0.25, -0.2) is 0 Å². The number of amides is 1. The lowest BCUT2D eigenvalue weighted by Gasteiger charge is -2.06. The number of thioether (sulfide) groups is 1. The Kier molecular flexibility index (Phi) is 5.77. The van der Waals surface area contributed by atoms with Crippen LogP contribution in [0.2, 0.25) is 10.0 Å². The number of halogens is 2. The summed E-state index contributed by atoms with van der Waals surface area (Å²) in [6.07, 6.45) is 0. The van der Waals surface area contributed by atoms with Gasteiger partial charge in [0.05, 0.1) is 15.8 Å². The normalized spacial score (nSPS) is 10.3. The fourth-order valence-electron chi connectivity index (χ4n) is 1.61. The molecule has 2 rings (SSSR count). The van der Waals surface area contributed by atoms with E-state index in [9.17, 15) is 4.79 Å². The molecule has 0 saturated heterocycles. The van der Waals surface area contributed by atoms with Gasteiger partial charge in [-0.3, -0.25) is 4.79 Å². The number of carbonyl (C=O) groups is 1. The molecule has 2 aromatic carbocycles. The van der Waals surface area contributed by atoms with E-state index in [2.05, 4.69) is 5.32 Å². The first kappa shape index (κ1) is 15.2. The van der Waals surface area contributed by atoms with Crippen LogP contribution in [-0.4, -0.2) is 11.7 Å². The van der Waals surface area contributed by atoms with Crippen molar-refractivity contribution in [3.8, 4) is 0 Å². The topological polar surface area (TPSA) is 29.1 Å². The van der Waals surface area contributed by atoms with Crippen molar-refractivity contribution in [2.75, 3.05) is 11.1 Å². The van der Waals surface area contributed by atoms with Crippen molar-refractivity contribution >= 4 is 46.6 Å². The molecule has 0 fully saturated rings. The number of rotatable bonds is 5. The number of benzene rings is 2. The lowest BCUT2D eigenvalue weighted by molar-refractivity contribution is -0.113. The minimum absolute atomic E-state index is 0.0516. The highest BCUT2D eigenvalue weighted by atomic mass is 35.5. The molecule has 20 heavy (non-hydrogen) atoms. The third kappa shape index (κ3) is 4.75. The van der Waals surface area contributed by atoms with Crippen molar-refractivity contribution in [3.05, 3.63) is 64.1 Å². The van der Waals surface area contributed by atoms with Crippen LogP contribution in [0.5, 0.6) is 0 Å². The van der Waals surface area contributed by atoms with E-state index >= 15 is 0 Å². The third-order valence-electron chi connectivity index (χ3n) is 2.55. The Balaban J connectivity index is 1.79. The van der Waals surface area contributed by atoms with Crippen LogP contribution in [0.1, 0.15) is 5.56 Å². The first-order valence-corrected chi connectivity index (χ1v) is 7.93. The van der Waals surface area contributed by atoms with Gasteiger partial charge >= 0.3 is 0 Å². The second-order valence-corrected chi connectivity index (χ2v) is 5.96. The van der Waals surface area contributed by atoms with Gasteiger partial charge in [0.15, 0.2) is 0 Å². The molecule has 1 amide bonds. The van der Waals surface area contributed by atoms with Gasteiger partial charge in [-0.1, -0.05) is 53.5 Å². The van der Waals surface area contributed by atoms with E-state index in [1.165, 1.54) is 5.56 Å². The average molecular weight is 326 g/mol. The van der Waals surface area contributed by atoms with Gasteiger partial charge in [-0.15, -0.1) is 11.8 Å². The number of hydrogen-bond acceptors (Lipinski definition) is 2. The molecule has 0 atom stereocenters. The van der Waals surface area contributed by atoms with E-state index in [0.717, 1.165) is 5.75 Å². The molecule has 5 heteroatoms. The zero-order chi connectivity index (χ0) is 14.4. The molecule has 0 aliphatic rings. The fourth-order valence-corrected chi connectivity index (χ4v) is 2.69. The molecular formula is C15H13Cl2NOS. The van der Waals surface area contributed by atoms with Gasteiger partial charge in [0.25, 0.3) is 0 Å². The Labute approximate surface area is 132 Å². The third-order valence-corrected chi connectivity index (χ3v) is 4.29. The Hall–Kier alpha value is -1.16. The summed E-state index contributed by atoms with van der Waals surface area (Å²) in [7, 11) is 0. The van der Waals surface area contributed by atoms with Crippen molar-refractivity contribution in [1.82, 2.24) is 0 Å². The van der Waals surface area contributed by atoms with E-state index < -0.39 is 0 Å². The molecule has 0 bridgehead atoms. The first-order chi connectivity index (χ1) is 9.65. The molecular weight excluding hydrogens is 313 g/mol. The summed E-state index contributed by atoms with van der Waals surface area (Å²) in [4.78, 5) is 11.8. The van der Waals surface area contributed by atoms with Gasteiger partial charge in [0.2, 0.25) is 5.91 Å². The summed E-state index contributed by atoms with van der Waals surface area (Å²) in [6, 6.07) is 15.1. The van der Waals surface area contributed by atoms with Gasteiger partial charge < -0.3 is 5.32 Å². The van der Waals surface area contributed by atoms with Gasteiger partial charge in [0, 0.05) is 11.4 Å². The van der Waals surface area contributed by atoms with Crippen LogP contribution in [-0.2, 0) is 10.5 Å². The van der Waals surface area contributed by atoms with Gasteiger partial charge in [-0.2, -0.15) is 0 Å². The average Bonchev–Trinajstić information content (AvgIpc) is 2.44. The summed E-state index contributed by atoms with van der Waals surface area (Å²) in [5.41, 5.74) is 1.87. The molecule has 0 heterocycles. The number of nitrogens with one attached hydrogen (secondary N) is 1. The summed E-state index contributed by atoms with van der Waals surface area (Å²) in [5.74, 6) is 1.16. The van der Waals surface area contributed by atoms with Crippen LogP contribution in [0.25, 0.3) is 0 Å². The maximum absolute atomic E-state index is 11.8. The molecule has 2 aromatic rings. The zero-order valence-corrected chi connectivity index (χ0v) is 12.9. The lowest BCUT2D eigenvalue weighted by Crippen LogP contribution is -2.14. The SMILES string of the molecule is O=C(CSCc1ccccc1)Nc1ccc(Cl)c(Cl)c1. The highest BCUT2D eigenvalue weighted by Crippen LogP contribution is 2.25. The Morgan fingerprint density at radius 3 is 2.50 bits per heavy atom. The second kappa shape index (κ2) is 7.58. The number of anilines is 1. The van der Waals surface area contributed by atoms with E-state index in [0.29, 0.717) is 21.5 Å². The van der Waals surface area contributed by atoms with E-state index in [4.69, 9.17) is 23.2 Å². The summed E-state index contributed by atoms with van der Waals surface area (Å²) in [5, 5.41) is 3.70. The van der Waals surface area contributed by atoms with Crippen molar-refractivity contribution < 1.29 is 4.79 Å². The molecule has 0 radical (unpaired) electrons. The monoisotopic (exact) mass is 325 g/mol. The second-order valence-electron chi connectivity index (χ2n) is 4.16. The van der Waals surface area contributed by atoms with Crippen LogP contribution in [0, 0.1) is 0 Å². The largest absolute Gasteiger partial charge is 0.325 e. The van der Waals surface area contributed by atoms with Crippen LogP contribution in [0.3, 0.4) is 0 Å². The Morgan fingerprint density at radius 2 is 1.80 bits per heavy atom. The molecule has 0 saturated carbocycles. The van der Waals surface area contributed by atoms with Crippen LogP contribution >= 0.6 is 35.0 Å². The standard InChI is InChI=1S/C15H13Cl2NOS/c16-13-7-6-12(8-14(13)17)18-15(19)10-20-9-11-4-2-1-3-5-11/h1-8H,9-10H2,(H,18,19). The molecule has 1 N–H and O–H groups in total.